The van der Waals surface area contributed by atoms with Crippen molar-refractivity contribution < 1.29 is 18.7 Å². The van der Waals surface area contributed by atoms with Gasteiger partial charge in [0.15, 0.2) is 12.4 Å². The van der Waals surface area contributed by atoms with Gasteiger partial charge in [-0.15, -0.1) is 0 Å². The molecule has 1 heterocycles. The minimum absolute atomic E-state index is 0.185. The third kappa shape index (κ3) is 5.08. The first kappa shape index (κ1) is 22.6. The number of ether oxygens (including phenoxy) is 1. The van der Waals surface area contributed by atoms with E-state index < -0.39 is 11.5 Å². The minimum Gasteiger partial charge on any atom is -0.482 e. The molecule has 8 heteroatoms. The molecule has 3 aromatic carbocycles. The van der Waals surface area contributed by atoms with E-state index >= 15 is 0 Å². The molecule has 0 unspecified atom stereocenters. The summed E-state index contributed by atoms with van der Waals surface area (Å²) >= 11 is 12.4. The van der Waals surface area contributed by atoms with E-state index in [-0.39, 0.29) is 28.7 Å². The summed E-state index contributed by atoms with van der Waals surface area (Å²) in [6, 6.07) is 17.7. The van der Waals surface area contributed by atoms with E-state index in [2.05, 4.69) is 5.32 Å². The number of aryl methyl sites for hydroxylation is 1. The second kappa shape index (κ2) is 9.48. The van der Waals surface area contributed by atoms with Crippen molar-refractivity contribution in [3.63, 3.8) is 0 Å². The van der Waals surface area contributed by atoms with Crippen LogP contribution in [0.15, 0.2) is 75.9 Å². The van der Waals surface area contributed by atoms with Crippen molar-refractivity contribution in [3.05, 3.63) is 104 Å². The number of hydrogen-bond acceptors (Lipinski definition) is 5. The average Bonchev–Trinajstić information content (AvgIpc) is 2.79. The zero-order valence-corrected chi connectivity index (χ0v) is 18.9. The maximum absolute atomic E-state index is 12.9. The van der Waals surface area contributed by atoms with Crippen LogP contribution in [0.3, 0.4) is 0 Å². The third-order valence-electron chi connectivity index (χ3n) is 4.90. The van der Waals surface area contributed by atoms with Gasteiger partial charge >= 0.3 is 5.63 Å². The highest BCUT2D eigenvalue weighted by Gasteiger charge is 2.17. The second-order valence-corrected chi connectivity index (χ2v) is 8.09. The van der Waals surface area contributed by atoms with E-state index in [9.17, 15) is 14.4 Å². The monoisotopic (exact) mass is 481 g/mol. The smallest absolute Gasteiger partial charge is 0.336 e. The summed E-state index contributed by atoms with van der Waals surface area (Å²) < 4.78 is 10.7. The molecule has 33 heavy (non-hydrogen) atoms. The molecule has 4 rings (SSSR count). The number of carbonyl (C=O) groups excluding carboxylic acids is 2. The molecule has 166 valence electrons. The fourth-order valence-corrected chi connectivity index (χ4v) is 3.71. The van der Waals surface area contributed by atoms with Crippen LogP contribution in [0.2, 0.25) is 10.0 Å². The first-order valence-electron chi connectivity index (χ1n) is 9.88. The summed E-state index contributed by atoms with van der Waals surface area (Å²) in [5, 5.41) is 3.97. The van der Waals surface area contributed by atoms with Crippen LogP contribution in [-0.4, -0.2) is 18.3 Å². The Kier molecular flexibility index (Phi) is 6.49. The molecule has 6 nitrogen and oxygen atoms in total. The molecule has 0 fully saturated rings. The standard InChI is InChI=1S/C25H17Cl2NO5/c1-14-9-24(30)33-21-12-22(19(27)11-17(14)21)32-13-23(29)28-20-8-7-16(26)10-18(20)25(31)15-5-3-2-4-6-15/h2-12H,13H2,1H3,(H,28,29). The highest BCUT2D eigenvalue weighted by atomic mass is 35.5. The van der Waals surface area contributed by atoms with Crippen molar-refractivity contribution in [2.75, 3.05) is 11.9 Å². The summed E-state index contributed by atoms with van der Waals surface area (Å²) in [4.78, 5) is 37.1. The molecule has 0 saturated carbocycles. The summed E-state index contributed by atoms with van der Waals surface area (Å²) in [5.74, 6) is -0.608. The summed E-state index contributed by atoms with van der Waals surface area (Å²) in [7, 11) is 0. The zero-order chi connectivity index (χ0) is 23.5. The molecule has 0 atom stereocenters. The summed E-state index contributed by atoms with van der Waals surface area (Å²) in [6.45, 7) is 1.38. The molecule has 1 aromatic heterocycles. The number of anilines is 1. The summed E-state index contributed by atoms with van der Waals surface area (Å²) in [5.41, 5.74) is 1.53. The van der Waals surface area contributed by atoms with E-state index in [0.29, 0.717) is 32.8 Å². The van der Waals surface area contributed by atoms with Gasteiger partial charge in [-0.1, -0.05) is 53.5 Å². The molecular weight excluding hydrogens is 465 g/mol. The van der Waals surface area contributed by atoms with Crippen LogP contribution in [0.25, 0.3) is 11.0 Å². The average molecular weight is 482 g/mol. The number of rotatable bonds is 6. The highest BCUT2D eigenvalue weighted by Crippen LogP contribution is 2.31. The van der Waals surface area contributed by atoms with E-state index in [0.717, 1.165) is 0 Å². The predicted molar refractivity (Wildman–Crippen MR) is 128 cm³/mol. The Balaban J connectivity index is 1.53. The van der Waals surface area contributed by atoms with Gasteiger partial charge in [-0.25, -0.2) is 4.79 Å². The fourth-order valence-electron chi connectivity index (χ4n) is 3.32. The van der Waals surface area contributed by atoms with E-state index in [4.69, 9.17) is 32.4 Å². The molecule has 1 amide bonds. The van der Waals surface area contributed by atoms with Gasteiger partial charge in [0.05, 0.1) is 10.7 Å². The predicted octanol–water partition coefficient (Wildman–Crippen LogP) is 5.66. The third-order valence-corrected chi connectivity index (χ3v) is 5.43. The van der Waals surface area contributed by atoms with E-state index in [1.165, 1.54) is 18.2 Å². The van der Waals surface area contributed by atoms with Crippen LogP contribution < -0.4 is 15.7 Å². The number of fused-ring (bicyclic) bond motifs is 1. The molecule has 0 bridgehead atoms. The van der Waals surface area contributed by atoms with Gasteiger partial charge in [0.1, 0.15) is 11.3 Å². The minimum atomic E-state index is -0.513. The molecule has 4 aromatic rings. The Morgan fingerprint density at radius 1 is 1.00 bits per heavy atom. The van der Waals surface area contributed by atoms with Crippen molar-refractivity contribution in [1.82, 2.24) is 0 Å². The number of benzene rings is 3. The number of nitrogens with one attached hydrogen (secondary N) is 1. The normalized spacial score (nSPS) is 10.8. The first-order valence-corrected chi connectivity index (χ1v) is 10.6. The largest absolute Gasteiger partial charge is 0.482 e. The quantitative estimate of drug-likeness (QED) is 0.283. The Hall–Kier alpha value is -3.61. The van der Waals surface area contributed by atoms with Crippen LogP contribution in [0.4, 0.5) is 5.69 Å². The van der Waals surface area contributed by atoms with Crippen LogP contribution in [-0.2, 0) is 4.79 Å². The van der Waals surface area contributed by atoms with Crippen molar-refractivity contribution in [2.24, 2.45) is 0 Å². The van der Waals surface area contributed by atoms with Gasteiger partial charge in [0.2, 0.25) is 0 Å². The van der Waals surface area contributed by atoms with Gasteiger partial charge in [-0.3, -0.25) is 9.59 Å². The second-order valence-electron chi connectivity index (χ2n) is 7.25. The van der Waals surface area contributed by atoms with Gasteiger partial charge in [-0.2, -0.15) is 0 Å². The maximum atomic E-state index is 12.9. The van der Waals surface area contributed by atoms with Gasteiger partial charge < -0.3 is 14.5 Å². The number of halogens is 2. The van der Waals surface area contributed by atoms with Crippen LogP contribution in [0.1, 0.15) is 21.5 Å². The Morgan fingerprint density at radius 2 is 1.76 bits per heavy atom. The topological polar surface area (TPSA) is 85.6 Å². The van der Waals surface area contributed by atoms with E-state index in [1.807, 2.05) is 0 Å². The molecular formula is C25H17Cl2NO5. The van der Waals surface area contributed by atoms with Gasteiger partial charge in [-0.05, 0) is 36.8 Å². The summed E-state index contributed by atoms with van der Waals surface area (Å²) in [6.07, 6.45) is 0. The lowest BCUT2D eigenvalue weighted by molar-refractivity contribution is -0.118. The molecule has 0 spiro atoms. The lowest BCUT2D eigenvalue weighted by Crippen LogP contribution is -2.22. The van der Waals surface area contributed by atoms with Gasteiger partial charge in [0, 0.05) is 33.7 Å². The number of amides is 1. The first-order chi connectivity index (χ1) is 15.8. The Labute approximate surface area is 198 Å². The van der Waals surface area contributed by atoms with Crippen molar-refractivity contribution in [3.8, 4) is 5.75 Å². The van der Waals surface area contributed by atoms with Crippen molar-refractivity contribution in [2.45, 2.75) is 6.92 Å². The maximum Gasteiger partial charge on any atom is 0.336 e. The number of ketones is 1. The van der Waals surface area contributed by atoms with Crippen molar-refractivity contribution >= 4 is 51.5 Å². The number of carbonyl (C=O) groups is 2. The fraction of sp³-hybridized carbons (Fsp3) is 0.0800. The lowest BCUT2D eigenvalue weighted by Gasteiger charge is -2.13. The SMILES string of the molecule is Cc1cc(=O)oc2cc(OCC(=O)Nc3ccc(Cl)cc3C(=O)c3ccccc3)c(Cl)cc12. The molecule has 0 aliphatic heterocycles. The zero-order valence-electron chi connectivity index (χ0n) is 17.4. The van der Waals surface area contributed by atoms with E-state index in [1.54, 1.807) is 55.5 Å². The van der Waals surface area contributed by atoms with Crippen LogP contribution in [0, 0.1) is 6.92 Å². The molecule has 0 radical (unpaired) electrons. The van der Waals surface area contributed by atoms with Crippen LogP contribution >= 0.6 is 23.2 Å². The Bertz CT molecular complexity index is 1430. The van der Waals surface area contributed by atoms with Crippen molar-refractivity contribution in [1.29, 1.82) is 0 Å². The molecule has 0 aliphatic carbocycles. The van der Waals surface area contributed by atoms with Crippen LogP contribution in [0.5, 0.6) is 5.75 Å². The highest BCUT2D eigenvalue weighted by molar-refractivity contribution is 6.33. The van der Waals surface area contributed by atoms with Gasteiger partial charge in [0.25, 0.3) is 5.91 Å². The lowest BCUT2D eigenvalue weighted by atomic mass is 10.0. The Morgan fingerprint density at radius 3 is 2.52 bits per heavy atom. The number of hydrogen-bond donors (Lipinski definition) is 1. The molecule has 0 aliphatic rings. The molecule has 1 N–H and O–H groups in total. The molecule has 0 saturated heterocycles.